The number of fused-ring (bicyclic) bond motifs is 2. The Balaban J connectivity index is 1.24. The first kappa shape index (κ1) is 20.7. The van der Waals surface area contributed by atoms with Crippen molar-refractivity contribution in [1.29, 1.82) is 0 Å². The van der Waals surface area contributed by atoms with Gasteiger partial charge in [-0.1, -0.05) is 49.3 Å². The first-order valence-corrected chi connectivity index (χ1v) is 12.7. The molecular weight excluding hydrogens is 408 g/mol. The van der Waals surface area contributed by atoms with Crippen LogP contribution in [0, 0.1) is 10.8 Å². The molecule has 0 amide bonds. The van der Waals surface area contributed by atoms with Gasteiger partial charge >= 0.3 is 0 Å². The van der Waals surface area contributed by atoms with E-state index in [1.54, 1.807) is 0 Å². The molecule has 2 fully saturated rings. The molecule has 1 aliphatic carbocycles. The Morgan fingerprint density at radius 3 is 2.50 bits per heavy atom. The molecule has 30 heavy (non-hydrogen) atoms. The fourth-order valence-electron chi connectivity index (χ4n) is 5.58. The quantitative estimate of drug-likeness (QED) is 0.482. The highest BCUT2D eigenvalue weighted by Crippen LogP contribution is 2.50. The summed E-state index contributed by atoms with van der Waals surface area (Å²) in [5.74, 6) is 0. The molecule has 2 aliphatic heterocycles. The van der Waals surface area contributed by atoms with Crippen molar-refractivity contribution < 1.29 is 0 Å². The summed E-state index contributed by atoms with van der Waals surface area (Å²) in [4.78, 5) is 7.88. The van der Waals surface area contributed by atoms with Gasteiger partial charge in [-0.05, 0) is 92.8 Å². The standard InChI is InChI=1S/C26H33ClN2S/c1-25(2)10-12-26(13-11-25)14-17-28(19-26)15-5-16-29-21-6-3-4-7-23(21)30-24-9-8-20(27)18-22(24)29/h3-4,6-9,18H,5,10-17,19H2,1-2H3. The number of likely N-dealkylation sites (tertiary alicyclic amines) is 1. The van der Waals surface area contributed by atoms with Gasteiger partial charge in [-0.15, -0.1) is 0 Å². The minimum atomic E-state index is 0.562. The smallest absolute Gasteiger partial charge is 0.0567 e. The predicted molar refractivity (Wildman–Crippen MR) is 129 cm³/mol. The monoisotopic (exact) mass is 440 g/mol. The van der Waals surface area contributed by atoms with Crippen LogP contribution < -0.4 is 4.90 Å². The summed E-state index contributed by atoms with van der Waals surface area (Å²) in [6, 6.07) is 15.1. The minimum absolute atomic E-state index is 0.562. The summed E-state index contributed by atoms with van der Waals surface area (Å²) in [5.41, 5.74) is 3.76. The number of benzene rings is 2. The molecule has 0 aromatic heterocycles. The molecule has 2 heterocycles. The van der Waals surface area contributed by atoms with Crippen molar-refractivity contribution >= 4 is 34.7 Å². The molecule has 2 aromatic rings. The van der Waals surface area contributed by atoms with E-state index in [1.165, 1.54) is 79.3 Å². The summed E-state index contributed by atoms with van der Waals surface area (Å²) in [6.07, 6.45) is 8.26. The zero-order valence-corrected chi connectivity index (χ0v) is 19.9. The van der Waals surface area contributed by atoms with Gasteiger partial charge in [-0.3, -0.25) is 0 Å². The van der Waals surface area contributed by atoms with Crippen molar-refractivity contribution in [3.63, 3.8) is 0 Å². The Morgan fingerprint density at radius 2 is 1.67 bits per heavy atom. The molecule has 0 bridgehead atoms. The van der Waals surface area contributed by atoms with E-state index >= 15 is 0 Å². The third-order valence-electron chi connectivity index (χ3n) is 7.63. The maximum absolute atomic E-state index is 6.37. The molecule has 3 aliphatic rings. The van der Waals surface area contributed by atoms with Crippen LogP contribution in [0.5, 0.6) is 0 Å². The maximum atomic E-state index is 6.37. The number of halogens is 1. The molecule has 0 atom stereocenters. The van der Waals surface area contributed by atoms with Crippen LogP contribution in [-0.2, 0) is 0 Å². The number of hydrogen-bond acceptors (Lipinski definition) is 3. The first-order valence-electron chi connectivity index (χ1n) is 11.5. The van der Waals surface area contributed by atoms with E-state index in [2.05, 4.69) is 60.0 Å². The van der Waals surface area contributed by atoms with Gasteiger partial charge in [0.05, 0.1) is 11.4 Å². The number of rotatable bonds is 4. The van der Waals surface area contributed by atoms with Crippen LogP contribution in [0.4, 0.5) is 11.4 Å². The van der Waals surface area contributed by atoms with Crippen LogP contribution in [0.3, 0.4) is 0 Å². The second kappa shape index (κ2) is 8.07. The molecule has 1 saturated heterocycles. The van der Waals surface area contributed by atoms with E-state index < -0.39 is 0 Å². The average molecular weight is 441 g/mol. The molecular formula is C26H33ClN2S. The van der Waals surface area contributed by atoms with Gasteiger partial charge in [0.15, 0.2) is 0 Å². The third-order valence-corrected chi connectivity index (χ3v) is 8.99. The maximum Gasteiger partial charge on any atom is 0.0567 e. The molecule has 0 unspecified atom stereocenters. The highest BCUT2D eigenvalue weighted by atomic mass is 35.5. The summed E-state index contributed by atoms with van der Waals surface area (Å²) in [5, 5.41) is 0.820. The van der Waals surface area contributed by atoms with Crippen molar-refractivity contribution in [2.45, 2.75) is 62.2 Å². The fourth-order valence-corrected chi connectivity index (χ4v) is 6.82. The number of nitrogens with zero attached hydrogens (tertiary/aromatic N) is 2. The van der Waals surface area contributed by atoms with E-state index in [1.807, 2.05) is 17.8 Å². The highest BCUT2D eigenvalue weighted by Gasteiger charge is 2.42. The topological polar surface area (TPSA) is 6.48 Å². The van der Waals surface area contributed by atoms with Gasteiger partial charge in [-0.2, -0.15) is 0 Å². The zero-order valence-electron chi connectivity index (χ0n) is 18.3. The molecule has 0 N–H and O–H groups in total. The van der Waals surface area contributed by atoms with Crippen LogP contribution >= 0.6 is 23.4 Å². The van der Waals surface area contributed by atoms with Crippen molar-refractivity contribution in [1.82, 2.24) is 4.90 Å². The van der Waals surface area contributed by atoms with Crippen molar-refractivity contribution in [3.8, 4) is 0 Å². The minimum Gasteiger partial charge on any atom is -0.340 e. The van der Waals surface area contributed by atoms with Gasteiger partial charge < -0.3 is 9.80 Å². The Bertz CT molecular complexity index is 915. The highest BCUT2D eigenvalue weighted by molar-refractivity contribution is 7.99. The van der Waals surface area contributed by atoms with Gasteiger partial charge in [0, 0.05) is 27.9 Å². The van der Waals surface area contributed by atoms with Crippen LogP contribution in [0.2, 0.25) is 5.02 Å². The first-order chi connectivity index (χ1) is 14.4. The Hall–Kier alpha value is -1.16. The Morgan fingerprint density at radius 1 is 0.900 bits per heavy atom. The average Bonchev–Trinajstić information content (AvgIpc) is 3.13. The lowest BCUT2D eigenvalue weighted by atomic mass is 9.65. The molecule has 2 nitrogen and oxygen atoms in total. The Labute approximate surface area is 191 Å². The summed E-state index contributed by atoms with van der Waals surface area (Å²) >= 11 is 8.22. The van der Waals surface area contributed by atoms with Crippen LogP contribution in [0.15, 0.2) is 52.3 Å². The fraction of sp³-hybridized carbons (Fsp3) is 0.538. The molecule has 0 radical (unpaired) electrons. The second-order valence-corrected chi connectivity index (χ2v) is 11.9. The van der Waals surface area contributed by atoms with Gasteiger partial charge in [0.25, 0.3) is 0 Å². The van der Waals surface area contributed by atoms with Crippen LogP contribution in [-0.4, -0.2) is 31.1 Å². The molecule has 1 saturated carbocycles. The molecule has 2 aromatic carbocycles. The summed E-state index contributed by atoms with van der Waals surface area (Å²) in [6.45, 7) is 9.75. The summed E-state index contributed by atoms with van der Waals surface area (Å²) in [7, 11) is 0. The van der Waals surface area contributed by atoms with E-state index in [-0.39, 0.29) is 0 Å². The lowest BCUT2D eigenvalue weighted by Crippen LogP contribution is -2.34. The van der Waals surface area contributed by atoms with Crippen LogP contribution in [0.25, 0.3) is 0 Å². The van der Waals surface area contributed by atoms with E-state index in [0.29, 0.717) is 10.8 Å². The zero-order chi connectivity index (χ0) is 20.8. The normalized spacial score (nSPS) is 22.2. The van der Waals surface area contributed by atoms with Crippen LogP contribution in [0.1, 0.15) is 52.4 Å². The Kier molecular flexibility index (Phi) is 5.58. The summed E-state index contributed by atoms with van der Waals surface area (Å²) < 4.78 is 0. The number of para-hydroxylation sites is 1. The second-order valence-electron chi connectivity index (χ2n) is 10.4. The molecule has 5 rings (SSSR count). The molecule has 1 spiro atoms. The lowest BCUT2D eigenvalue weighted by Gasteiger charge is -2.41. The van der Waals surface area contributed by atoms with Gasteiger partial charge in [-0.25, -0.2) is 0 Å². The van der Waals surface area contributed by atoms with Gasteiger partial charge in [0.1, 0.15) is 0 Å². The molecule has 160 valence electrons. The lowest BCUT2D eigenvalue weighted by molar-refractivity contribution is 0.106. The largest absolute Gasteiger partial charge is 0.340 e. The third kappa shape index (κ3) is 4.13. The van der Waals surface area contributed by atoms with Crippen molar-refractivity contribution in [3.05, 3.63) is 47.5 Å². The molecule has 4 heteroatoms. The van der Waals surface area contributed by atoms with Gasteiger partial charge in [0.2, 0.25) is 0 Å². The van der Waals surface area contributed by atoms with Crippen molar-refractivity contribution in [2.24, 2.45) is 10.8 Å². The SMILES string of the molecule is CC1(C)CCC2(CCN(CCCN3c4ccccc4Sc4ccc(Cl)cc43)C2)CC1. The van der Waals surface area contributed by atoms with Crippen molar-refractivity contribution in [2.75, 3.05) is 31.1 Å². The van der Waals surface area contributed by atoms with E-state index in [4.69, 9.17) is 11.6 Å². The van der Waals surface area contributed by atoms with E-state index in [0.717, 1.165) is 11.6 Å². The number of anilines is 2. The van der Waals surface area contributed by atoms with E-state index in [9.17, 15) is 0 Å². The predicted octanol–water partition coefficient (Wildman–Crippen LogP) is 7.63. The number of hydrogen-bond donors (Lipinski definition) is 0.